The molecule has 5 rings (SSSR count). The van der Waals surface area contributed by atoms with E-state index < -0.39 is 0 Å². The number of nitrogens with one attached hydrogen (secondary N) is 1. The number of nitrogens with zero attached hydrogens (tertiary/aromatic N) is 5. The number of rotatable bonds is 6. The average Bonchev–Trinajstić information content (AvgIpc) is 3.57. The lowest BCUT2D eigenvalue weighted by Gasteiger charge is -2.12. The molecule has 1 fully saturated rings. The summed E-state index contributed by atoms with van der Waals surface area (Å²) in [5.74, 6) is -0.144. The number of aromatic nitrogens is 4. The van der Waals surface area contributed by atoms with Gasteiger partial charge in [-0.25, -0.2) is 0 Å². The highest BCUT2D eigenvalue weighted by atomic mass is 16.2. The van der Waals surface area contributed by atoms with E-state index in [1.54, 1.807) is 10.9 Å². The number of hydrogen-bond acceptors (Lipinski definition) is 4. The van der Waals surface area contributed by atoms with Crippen LogP contribution in [0.5, 0.6) is 0 Å². The summed E-state index contributed by atoms with van der Waals surface area (Å²) in [7, 11) is 2.04. The Morgan fingerprint density at radius 2 is 1.81 bits per heavy atom. The largest absolute Gasteiger partial charge is 0.352 e. The summed E-state index contributed by atoms with van der Waals surface area (Å²) in [4.78, 5) is 26.9. The number of para-hydroxylation sites is 1. The van der Waals surface area contributed by atoms with Gasteiger partial charge in [-0.05, 0) is 43.5 Å². The molecule has 0 unspecified atom stereocenters. The van der Waals surface area contributed by atoms with E-state index in [2.05, 4.69) is 32.3 Å². The molecule has 0 bridgehead atoms. The van der Waals surface area contributed by atoms with Crippen LogP contribution < -0.4 is 5.32 Å². The molecule has 0 radical (unpaired) electrons. The minimum Gasteiger partial charge on any atom is -0.352 e. The van der Waals surface area contributed by atoms with Crippen molar-refractivity contribution in [2.24, 2.45) is 7.05 Å². The van der Waals surface area contributed by atoms with E-state index in [0.717, 1.165) is 47.7 Å². The van der Waals surface area contributed by atoms with E-state index in [-0.39, 0.29) is 11.8 Å². The number of benzene rings is 2. The molecule has 2 amide bonds. The number of hydrogen-bond donors (Lipinski definition) is 1. The van der Waals surface area contributed by atoms with Crippen molar-refractivity contribution in [3.8, 4) is 0 Å². The van der Waals surface area contributed by atoms with Gasteiger partial charge in [-0.15, -0.1) is 5.10 Å². The molecular weight excluding hydrogens is 404 g/mol. The van der Waals surface area contributed by atoms with Crippen LogP contribution in [0.15, 0.2) is 48.7 Å². The molecule has 8 heteroatoms. The maximum atomic E-state index is 12.7. The van der Waals surface area contributed by atoms with Crippen LogP contribution in [0.3, 0.4) is 0 Å². The van der Waals surface area contributed by atoms with Crippen molar-refractivity contribution in [1.29, 1.82) is 0 Å². The maximum Gasteiger partial charge on any atom is 0.276 e. The topological polar surface area (TPSA) is 85.0 Å². The Labute approximate surface area is 185 Å². The molecule has 1 aliphatic heterocycles. The Hall–Kier alpha value is -3.68. The standard InChI is InChI=1S/C24H26N6O2/c1-28-21-8-3-2-7-18(21)19-15-17(9-10-22(19)28)23(31)25-11-6-14-30-16-20(26-27-30)24(32)29-12-4-5-13-29/h2-3,7-10,15-16H,4-6,11-14H2,1H3,(H,25,31). The predicted molar refractivity (Wildman–Crippen MR) is 123 cm³/mol. The van der Waals surface area contributed by atoms with Crippen molar-refractivity contribution in [2.45, 2.75) is 25.8 Å². The lowest BCUT2D eigenvalue weighted by Crippen LogP contribution is -2.27. The Balaban J connectivity index is 1.18. The lowest BCUT2D eigenvalue weighted by atomic mass is 10.1. The van der Waals surface area contributed by atoms with Crippen molar-refractivity contribution in [3.05, 3.63) is 59.9 Å². The van der Waals surface area contributed by atoms with E-state index in [0.29, 0.717) is 30.8 Å². The fraction of sp³-hybridized carbons (Fsp3) is 0.333. The Bertz CT molecular complexity index is 1300. The first kappa shape index (κ1) is 20.2. The molecule has 2 aromatic heterocycles. The molecule has 32 heavy (non-hydrogen) atoms. The van der Waals surface area contributed by atoms with Crippen molar-refractivity contribution in [1.82, 2.24) is 29.8 Å². The minimum absolute atomic E-state index is 0.0501. The van der Waals surface area contributed by atoms with Gasteiger partial charge in [0.1, 0.15) is 0 Å². The number of fused-ring (bicyclic) bond motifs is 3. The zero-order valence-corrected chi connectivity index (χ0v) is 18.1. The van der Waals surface area contributed by atoms with Gasteiger partial charge in [-0.1, -0.05) is 23.4 Å². The highest BCUT2D eigenvalue weighted by Gasteiger charge is 2.22. The smallest absolute Gasteiger partial charge is 0.276 e. The zero-order valence-electron chi connectivity index (χ0n) is 18.1. The number of amides is 2. The van der Waals surface area contributed by atoms with Crippen molar-refractivity contribution in [2.75, 3.05) is 19.6 Å². The number of carbonyl (C=O) groups excluding carboxylic acids is 2. The van der Waals surface area contributed by atoms with E-state index in [1.165, 1.54) is 0 Å². The quantitative estimate of drug-likeness (QED) is 0.477. The second-order valence-corrected chi connectivity index (χ2v) is 8.28. The third-order valence-electron chi connectivity index (χ3n) is 6.18. The van der Waals surface area contributed by atoms with Crippen LogP contribution in [-0.4, -0.2) is 55.9 Å². The number of likely N-dealkylation sites (tertiary alicyclic amines) is 1. The van der Waals surface area contributed by atoms with Gasteiger partial charge in [-0.2, -0.15) is 0 Å². The van der Waals surface area contributed by atoms with E-state index in [1.807, 2.05) is 42.3 Å². The van der Waals surface area contributed by atoms with E-state index in [4.69, 9.17) is 0 Å². The van der Waals surface area contributed by atoms with Crippen molar-refractivity contribution >= 4 is 33.6 Å². The summed E-state index contributed by atoms with van der Waals surface area (Å²) in [5.41, 5.74) is 3.29. The Morgan fingerprint density at radius 1 is 1.03 bits per heavy atom. The molecule has 164 valence electrons. The SMILES string of the molecule is Cn1c2ccccc2c2cc(C(=O)NCCCn3cc(C(=O)N4CCCC4)nn3)ccc21. The number of carbonyl (C=O) groups is 2. The molecule has 0 atom stereocenters. The minimum atomic E-state index is -0.0941. The fourth-order valence-electron chi connectivity index (χ4n) is 4.44. The predicted octanol–water partition coefficient (Wildman–Crippen LogP) is 2.98. The monoisotopic (exact) mass is 430 g/mol. The summed E-state index contributed by atoms with van der Waals surface area (Å²) in [6, 6.07) is 14.0. The first-order valence-electron chi connectivity index (χ1n) is 11.1. The molecule has 4 aromatic rings. The molecule has 8 nitrogen and oxygen atoms in total. The third-order valence-corrected chi connectivity index (χ3v) is 6.18. The summed E-state index contributed by atoms with van der Waals surface area (Å²) in [6.07, 6.45) is 4.49. The third kappa shape index (κ3) is 3.72. The average molecular weight is 431 g/mol. The second-order valence-electron chi connectivity index (χ2n) is 8.28. The van der Waals surface area contributed by atoms with E-state index in [9.17, 15) is 9.59 Å². The zero-order chi connectivity index (χ0) is 22.1. The van der Waals surface area contributed by atoms with E-state index >= 15 is 0 Å². The highest BCUT2D eigenvalue weighted by Crippen LogP contribution is 2.28. The molecule has 0 aliphatic carbocycles. The molecule has 1 N–H and O–H groups in total. The summed E-state index contributed by atoms with van der Waals surface area (Å²) < 4.78 is 3.81. The lowest BCUT2D eigenvalue weighted by molar-refractivity contribution is 0.0786. The van der Waals surface area contributed by atoms with Gasteiger partial charge in [0.2, 0.25) is 0 Å². The molecule has 2 aromatic carbocycles. The van der Waals surface area contributed by atoms with Crippen molar-refractivity contribution < 1.29 is 9.59 Å². The van der Waals surface area contributed by atoms with Crippen LogP contribution in [0.2, 0.25) is 0 Å². The van der Waals surface area contributed by atoms with Crippen LogP contribution in [0.4, 0.5) is 0 Å². The first-order valence-corrected chi connectivity index (χ1v) is 11.1. The van der Waals surface area contributed by atoms with Gasteiger partial charge >= 0.3 is 0 Å². The van der Waals surface area contributed by atoms with Crippen LogP contribution in [0.1, 0.15) is 40.1 Å². The first-order chi connectivity index (χ1) is 15.6. The van der Waals surface area contributed by atoms with Crippen molar-refractivity contribution in [3.63, 3.8) is 0 Å². The molecule has 1 aliphatic rings. The van der Waals surface area contributed by atoms with Crippen LogP contribution in [0, 0.1) is 0 Å². The van der Waals surface area contributed by atoms with Gasteiger partial charge in [0.25, 0.3) is 11.8 Å². The van der Waals surface area contributed by atoms with Crippen LogP contribution in [0.25, 0.3) is 21.8 Å². The van der Waals surface area contributed by atoms with Crippen LogP contribution in [-0.2, 0) is 13.6 Å². The highest BCUT2D eigenvalue weighted by molar-refractivity contribution is 6.10. The Morgan fingerprint density at radius 3 is 2.66 bits per heavy atom. The molecular formula is C24H26N6O2. The molecule has 3 heterocycles. The summed E-state index contributed by atoms with van der Waals surface area (Å²) in [5, 5.41) is 13.3. The fourth-order valence-corrected chi connectivity index (χ4v) is 4.44. The van der Waals surface area contributed by atoms with Crippen LogP contribution >= 0.6 is 0 Å². The number of aryl methyl sites for hydroxylation is 2. The van der Waals surface area contributed by atoms with Gasteiger partial charge in [0.05, 0.1) is 6.20 Å². The van der Waals surface area contributed by atoms with Gasteiger partial charge in [0.15, 0.2) is 5.69 Å². The summed E-state index contributed by atoms with van der Waals surface area (Å²) >= 11 is 0. The normalized spacial score (nSPS) is 13.8. The Kier molecular flexibility index (Phi) is 5.34. The maximum absolute atomic E-state index is 12.7. The second kappa shape index (κ2) is 8.45. The molecule has 0 saturated carbocycles. The molecule has 1 saturated heterocycles. The van der Waals surface area contributed by atoms with Gasteiger partial charge < -0.3 is 14.8 Å². The van der Waals surface area contributed by atoms with Gasteiger partial charge in [-0.3, -0.25) is 14.3 Å². The van der Waals surface area contributed by atoms with Gasteiger partial charge in [0, 0.05) is 60.6 Å². The summed E-state index contributed by atoms with van der Waals surface area (Å²) in [6.45, 7) is 2.69. The molecule has 0 spiro atoms.